The first-order valence-electron chi connectivity index (χ1n) is 7.34. The molecule has 6 heteroatoms. The Morgan fingerprint density at radius 3 is 2.62 bits per heavy atom. The van der Waals surface area contributed by atoms with Gasteiger partial charge in [0.15, 0.2) is 0 Å². The number of ether oxygens (including phenoxy) is 1. The molecule has 0 atom stereocenters. The maximum absolute atomic E-state index is 12.7. The summed E-state index contributed by atoms with van der Waals surface area (Å²) < 4.78 is 33.6. The molecule has 116 valence electrons. The third kappa shape index (κ3) is 3.18. The van der Waals surface area contributed by atoms with E-state index in [9.17, 15) is 8.42 Å². The van der Waals surface area contributed by atoms with Crippen molar-refractivity contribution in [3.8, 4) is 0 Å². The summed E-state index contributed by atoms with van der Waals surface area (Å²) in [6.45, 7) is 1.19. The Kier molecular flexibility index (Phi) is 4.41. The fourth-order valence-electron chi connectivity index (χ4n) is 3.08. The van der Waals surface area contributed by atoms with Crippen LogP contribution in [0.5, 0.6) is 0 Å². The Morgan fingerprint density at radius 1 is 1.19 bits per heavy atom. The number of nitrogens with one attached hydrogen (secondary N) is 1. The first kappa shape index (κ1) is 15.5. The number of benzene rings is 1. The number of alkyl halides is 1. The molecule has 0 bridgehead atoms. The van der Waals surface area contributed by atoms with Crippen LogP contribution in [0, 0.1) is 0 Å². The van der Waals surface area contributed by atoms with E-state index in [0.717, 1.165) is 19.3 Å². The number of halogens is 1. The van der Waals surface area contributed by atoms with Crippen molar-refractivity contribution in [3.05, 3.63) is 29.3 Å². The van der Waals surface area contributed by atoms with Gasteiger partial charge in [0.2, 0.25) is 10.0 Å². The fourth-order valence-corrected chi connectivity index (χ4v) is 5.48. The smallest absolute Gasteiger partial charge is 0.241 e. The van der Waals surface area contributed by atoms with Crippen LogP contribution in [-0.2, 0) is 27.6 Å². The van der Waals surface area contributed by atoms with Crippen LogP contribution >= 0.6 is 15.9 Å². The Balaban J connectivity index is 1.86. The summed E-state index contributed by atoms with van der Waals surface area (Å²) in [5.74, 6) is 0. The van der Waals surface area contributed by atoms with E-state index >= 15 is 0 Å². The van der Waals surface area contributed by atoms with Gasteiger partial charge in [0.25, 0.3) is 0 Å². The SMILES string of the molecule is O=S(=O)(NC1(CBr)CCOCC1)c1ccc2c(c1)CCC2. The molecule has 0 amide bonds. The Morgan fingerprint density at radius 2 is 1.90 bits per heavy atom. The van der Waals surface area contributed by atoms with Gasteiger partial charge in [-0.25, -0.2) is 13.1 Å². The number of fused-ring (bicyclic) bond motifs is 1. The van der Waals surface area contributed by atoms with Crippen LogP contribution in [0.15, 0.2) is 23.1 Å². The molecule has 4 nitrogen and oxygen atoms in total. The lowest BCUT2D eigenvalue weighted by atomic mass is 9.94. The second-order valence-corrected chi connectivity index (χ2v) is 8.16. The molecule has 1 fully saturated rings. The van der Waals surface area contributed by atoms with Crippen LogP contribution in [0.2, 0.25) is 0 Å². The Bertz CT molecular complexity index is 624. The molecule has 1 aliphatic carbocycles. The standard InChI is InChI=1S/C15H20BrNO3S/c16-11-15(6-8-20-9-7-15)17-21(18,19)14-5-4-12-2-1-3-13(12)10-14/h4-5,10,17H,1-3,6-9,11H2. The average Bonchev–Trinajstić information content (AvgIpc) is 2.95. The average molecular weight is 374 g/mol. The molecule has 1 N–H and O–H groups in total. The van der Waals surface area contributed by atoms with Crippen LogP contribution < -0.4 is 4.72 Å². The number of rotatable bonds is 4. The quantitative estimate of drug-likeness (QED) is 0.824. The number of aryl methyl sites for hydroxylation is 2. The maximum Gasteiger partial charge on any atom is 0.241 e. The monoisotopic (exact) mass is 373 g/mol. The van der Waals surface area contributed by atoms with Gasteiger partial charge in [-0.1, -0.05) is 22.0 Å². The van der Waals surface area contributed by atoms with Crippen molar-refractivity contribution in [3.63, 3.8) is 0 Å². The van der Waals surface area contributed by atoms with E-state index < -0.39 is 15.6 Å². The van der Waals surface area contributed by atoms with Crippen molar-refractivity contribution in [2.75, 3.05) is 18.5 Å². The van der Waals surface area contributed by atoms with E-state index in [2.05, 4.69) is 20.7 Å². The molecule has 1 aromatic carbocycles. The van der Waals surface area contributed by atoms with E-state index in [1.54, 1.807) is 6.07 Å². The van der Waals surface area contributed by atoms with Crippen molar-refractivity contribution < 1.29 is 13.2 Å². The maximum atomic E-state index is 12.7. The molecule has 3 rings (SSSR count). The molecule has 1 aliphatic heterocycles. The zero-order chi connectivity index (χ0) is 14.9. The van der Waals surface area contributed by atoms with Gasteiger partial charge >= 0.3 is 0 Å². The molecule has 0 aromatic heterocycles. The van der Waals surface area contributed by atoms with Gasteiger partial charge in [-0.3, -0.25) is 0 Å². The van der Waals surface area contributed by atoms with Crippen molar-refractivity contribution >= 4 is 26.0 Å². The van der Waals surface area contributed by atoms with Crippen LogP contribution in [0.4, 0.5) is 0 Å². The van der Waals surface area contributed by atoms with Crippen LogP contribution in [0.1, 0.15) is 30.4 Å². The predicted octanol–water partition coefficient (Wildman–Crippen LogP) is 2.40. The lowest BCUT2D eigenvalue weighted by molar-refractivity contribution is 0.0557. The minimum absolute atomic E-state index is 0.384. The predicted molar refractivity (Wildman–Crippen MR) is 85.4 cm³/mol. The topological polar surface area (TPSA) is 55.4 Å². The molecular formula is C15H20BrNO3S. The van der Waals surface area contributed by atoms with Crippen molar-refractivity contribution in [2.24, 2.45) is 0 Å². The van der Waals surface area contributed by atoms with Gasteiger partial charge in [0.05, 0.1) is 4.90 Å². The van der Waals surface area contributed by atoms with Crippen molar-refractivity contribution in [2.45, 2.75) is 42.5 Å². The van der Waals surface area contributed by atoms with E-state index in [1.165, 1.54) is 11.1 Å². The summed E-state index contributed by atoms with van der Waals surface area (Å²) in [6, 6.07) is 5.53. The highest BCUT2D eigenvalue weighted by Gasteiger charge is 2.36. The first-order chi connectivity index (χ1) is 10.0. The van der Waals surface area contributed by atoms with E-state index in [-0.39, 0.29) is 0 Å². The number of hydrogen-bond donors (Lipinski definition) is 1. The molecule has 21 heavy (non-hydrogen) atoms. The highest BCUT2D eigenvalue weighted by atomic mass is 79.9. The van der Waals surface area contributed by atoms with Gasteiger partial charge in [-0.2, -0.15) is 0 Å². The Labute approximate surface area is 134 Å². The molecule has 1 aromatic rings. The highest BCUT2D eigenvalue weighted by Crippen LogP contribution is 2.28. The lowest BCUT2D eigenvalue weighted by Crippen LogP contribution is -2.53. The normalized spacial score (nSPS) is 21.2. The van der Waals surface area contributed by atoms with E-state index in [1.807, 2.05) is 12.1 Å². The highest BCUT2D eigenvalue weighted by molar-refractivity contribution is 9.09. The van der Waals surface area contributed by atoms with Gasteiger partial charge in [-0.15, -0.1) is 0 Å². The summed E-state index contributed by atoms with van der Waals surface area (Å²) in [5.41, 5.74) is 2.03. The molecule has 0 spiro atoms. The lowest BCUT2D eigenvalue weighted by Gasteiger charge is -2.36. The molecule has 1 heterocycles. The summed E-state index contributed by atoms with van der Waals surface area (Å²) in [6.07, 6.45) is 4.56. The summed E-state index contributed by atoms with van der Waals surface area (Å²) in [7, 11) is -3.49. The van der Waals surface area contributed by atoms with Gasteiger partial charge < -0.3 is 4.74 Å². The number of sulfonamides is 1. The molecule has 0 saturated carbocycles. The van der Waals surface area contributed by atoms with Gasteiger partial charge in [0.1, 0.15) is 0 Å². The van der Waals surface area contributed by atoms with E-state index in [0.29, 0.717) is 36.3 Å². The summed E-state index contributed by atoms with van der Waals surface area (Å²) in [5, 5.41) is 0.605. The minimum atomic E-state index is -3.49. The third-order valence-electron chi connectivity index (χ3n) is 4.44. The molecular weight excluding hydrogens is 354 g/mol. The van der Waals surface area contributed by atoms with Gasteiger partial charge in [0, 0.05) is 24.1 Å². The van der Waals surface area contributed by atoms with Crippen molar-refractivity contribution in [1.29, 1.82) is 0 Å². The zero-order valence-corrected chi connectivity index (χ0v) is 14.3. The first-order valence-corrected chi connectivity index (χ1v) is 9.95. The Hall–Kier alpha value is -0.430. The number of hydrogen-bond acceptors (Lipinski definition) is 3. The van der Waals surface area contributed by atoms with E-state index in [4.69, 9.17) is 4.74 Å². The summed E-state index contributed by atoms with van der Waals surface area (Å²) >= 11 is 3.46. The van der Waals surface area contributed by atoms with Crippen molar-refractivity contribution in [1.82, 2.24) is 4.72 Å². The van der Waals surface area contributed by atoms with Gasteiger partial charge in [-0.05, 0) is 55.4 Å². The second kappa shape index (κ2) is 5.99. The molecule has 2 aliphatic rings. The van der Waals surface area contributed by atoms with Crippen LogP contribution in [-0.4, -0.2) is 32.5 Å². The minimum Gasteiger partial charge on any atom is -0.381 e. The largest absolute Gasteiger partial charge is 0.381 e. The molecule has 0 radical (unpaired) electrons. The van der Waals surface area contributed by atoms with Crippen LogP contribution in [0.25, 0.3) is 0 Å². The zero-order valence-electron chi connectivity index (χ0n) is 11.9. The molecule has 0 unspecified atom stereocenters. The van der Waals surface area contributed by atoms with Crippen LogP contribution in [0.3, 0.4) is 0 Å². The molecule has 1 saturated heterocycles. The third-order valence-corrected chi connectivity index (χ3v) is 7.09. The second-order valence-electron chi connectivity index (χ2n) is 5.92. The fraction of sp³-hybridized carbons (Fsp3) is 0.600. The summed E-state index contributed by atoms with van der Waals surface area (Å²) in [4.78, 5) is 0.384.